The van der Waals surface area contributed by atoms with Gasteiger partial charge in [0.15, 0.2) is 0 Å². The standard InChI is InChI=1S/C21H23ClN6/c1-15-6-7-17(22)14-18(15)25-21-24-16(2)13-20(26-21)28-11-9-27(10-12-28)19-5-3-4-8-23-19/h3-8,13-14H,9-12H2,1-2H3,(H,24,25,26). The lowest BCUT2D eigenvalue weighted by Crippen LogP contribution is -2.47. The van der Waals surface area contributed by atoms with Crippen LogP contribution in [0.5, 0.6) is 0 Å². The van der Waals surface area contributed by atoms with E-state index in [-0.39, 0.29) is 0 Å². The molecule has 1 aromatic carbocycles. The minimum atomic E-state index is 0.590. The third-order valence-corrected chi connectivity index (χ3v) is 5.10. The summed E-state index contributed by atoms with van der Waals surface area (Å²) in [5.41, 5.74) is 2.95. The summed E-state index contributed by atoms with van der Waals surface area (Å²) in [6.07, 6.45) is 1.84. The van der Waals surface area contributed by atoms with Gasteiger partial charge in [-0.05, 0) is 43.7 Å². The first-order valence-electron chi connectivity index (χ1n) is 9.38. The van der Waals surface area contributed by atoms with Crippen LogP contribution in [-0.2, 0) is 0 Å². The van der Waals surface area contributed by atoms with Gasteiger partial charge in [-0.2, -0.15) is 4.98 Å². The van der Waals surface area contributed by atoms with Crippen molar-refractivity contribution >= 4 is 34.9 Å². The highest BCUT2D eigenvalue weighted by atomic mass is 35.5. The van der Waals surface area contributed by atoms with Crippen LogP contribution in [0.3, 0.4) is 0 Å². The molecule has 0 bridgehead atoms. The zero-order chi connectivity index (χ0) is 19.5. The second-order valence-electron chi connectivity index (χ2n) is 6.94. The van der Waals surface area contributed by atoms with E-state index in [1.807, 2.05) is 56.4 Å². The van der Waals surface area contributed by atoms with E-state index in [1.165, 1.54) is 0 Å². The van der Waals surface area contributed by atoms with Gasteiger partial charge in [0, 0.05) is 54.8 Å². The largest absolute Gasteiger partial charge is 0.353 e. The first-order valence-corrected chi connectivity index (χ1v) is 9.76. The molecule has 28 heavy (non-hydrogen) atoms. The highest BCUT2D eigenvalue weighted by Gasteiger charge is 2.20. The van der Waals surface area contributed by atoms with Gasteiger partial charge in [0.2, 0.25) is 5.95 Å². The molecule has 6 nitrogen and oxygen atoms in total. The molecule has 3 heterocycles. The average molecular weight is 395 g/mol. The predicted molar refractivity (Wildman–Crippen MR) is 115 cm³/mol. The molecule has 1 aliphatic rings. The van der Waals surface area contributed by atoms with Gasteiger partial charge in [0.25, 0.3) is 0 Å². The van der Waals surface area contributed by atoms with Crippen LogP contribution in [0.2, 0.25) is 5.02 Å². The maximum Gasteiger partial charge on any atom is 0.229 e. The van der Waals surface area contributed by atoms with Crippen molar-refractivity contribution in [1.29, 1.82) is 0 Å². The molecule has 0 unspecified atom stereocenters. The molecule has 2 aromatic heterocycles. The summed E-state index contributed by atoms with van der Waals surface area (Å²) >= 11 is 6.13. The van der Waals surface area contributed by atoms with Crippen LogP contribution < -0.4 is 15.1 Å². The van der Waals surface area contributed by atoms with Gasteiger partial charge in [0.05, 0.1) is 0 Å². The lowest BCUT2D eigenvalue weighted by atomic mass is 10.2. The van der Waals surface area contributed by atoms with E-state index in [0.29, 0.717) is 11.0 Å². The Hall–Kier alpha value is -2.86. The highest BCUT2D eigenvalue weighted by molar-refractivity contribution is 6.30. The summed E-state index contributed by atoms with van der Waals surface area (Å²) in [4.78, 5) is 18.3. The van der Waals surface area contributed by atoms with Crippen molar-refractivity contribution in [2.45, 2.75) is 13.8 Å². The summed E-state index contributed by atoms with van der Waals surface area (Å²) in [5, 5.41) is 4.00. The van der Waals surface area contributed by atoms with Crippen molar-refractivity contribution in [2.24, 2.45) is 0 Å². The van der Waals surface area contributed by atoms with Crippen LogP contribution in [0.1, 0.15) is 11.3 Å². The molecule has 0 atom stereocenters. The Kier molecular flexibility index (Phi) is 5.30. The molecule has 0 spiro atoms. The van der Waals surface area contributed by atoms with Crippen molar-refractivity contribution in [3.8, 4) is 0 Å². The summed E-state index contributed by atoms with van der Waals surface area (Å²) in [5.74, 6) is 2.56. The van der Waals surface area contributed by atoms with E-state index < -0.39 is 0 Å². The first-order chi connectivity index (χ1) is 13.6. The number of hydrogen-bond acceptors (Lipinski definition) is 6. The molecular formula is C21H23ClN6. The van der Waals surface area contributed by atoms with Crippen molar-refractivity contribution < 1.29 is 0 Å². The molecule has 3 aromatic rings. The molecule has 4 rings (SSSR count). The van der Waals surface area contributed by atoms with Gasteiger partial charge < -0.3 is 15.1 Å². The zero-order valence-corrected chi connectivity index (χ0v) is 16.8. The fourth-order valence-electron chi connectivity index (χ4n) is 3.32. The summed E-state index contributed by atoms with van der Waals surface area (Å²) in [7, 11) is 0. The van der Waals surface area contributed by atoms with Gasteiger partial charge in [-0.15, -0.1) is 0 Å². The van der Waals surface area contributed by atoms with Crippen molar-refractivity contribution in [3.05, 3.63) is 64.9 Å². The SMILES string of the molecule is Cc1cc(N2CCN(c3ccccn3)CC2)nc(Nc2cc(Cl)ccc2C)n1. The third-order valence-electron chi connectivity index (χ3n) is 4.86. The monoisotopic (exact) mass is 394 g/mol. The Morgan fingerprint density at radius 1 is 0.893 bits per heavy atom. The third kappa shape index (κ3) is 4.17. The van der Waals surface area contributed by atoms with Gasteiger partial charge in [0.1, 0.15) is 11.6 Å². The Bertz CT molecular complexity index is 954. The van der Waals surface area contributed by atoms with E-state index in [0.717, 1.165) is 54.8 Å². The second-order valence-corrected chi connectivity index (χ2v) is 7.37. The van der Waals surface area contributed by atoms with Crippen LogP contribution in [0.4, 0.5) is 23.3 Å². The summed E-state index contributed by atoms with van der Waals surface area (Å²) in [6.45, 7) is 7.63. The number of anilines is 4. The van der Waals surface area contributed by atoms with Crippen molar-refractivity contribution in [2.75, 3.05) is 41.3 Å². The van der Waals surface area contributed by atoms with Crippen LogP contribution in [0.25, 0.3) is 0 Å². The van der Waals surface area contributed by atoms with E-state index in [2.05, 4.69) is 31.2 Å². The van der Waals surface area contributed by atoms with Gasteiger partial charge in [-0.1, -0.05) is 23.7 Å². The zero-order valence-electron chi connectivity index (χ0n) is 16.1. The molecule has 1 N–H and O–H groups in total. The maximum atomic E-state index is 6.13. The summed E-state index contributed by atoms with van der Waals surface area (Å²) in [6, 6.07) is 13.8. The number of piperazine rings is 1. The predicted octanol–water partition coefficient (Wildman–Crippen LogP) is 4.21. The average Bonchev–Trinajstić information content (AvgIpc) is 2.71. The van der Waals surface area contributed by atoms with E-state index in [9.17, 15) is 0 Å². The van der Waals surface area contributed by atoms with Crippen molar-refractivity contribution in [3.63, 3.8) is 0 Å². The number of aryl methyl sites for hydroxylation is 2. The fourth-order valence-corrected chi connectivity index (χ4v) is 3.50. The Labute approximate surface area is 170 Å². The molecule has 0 saturated carbocycles. The van der Waals surface area contributed by atoms with Gasteiger partial charge in [-0.25, -0.2) is 9.97 Å². The topological polar surface area (TPSA) is 57.2 Å². The number of benzene rings is 1. The van der Waals surface area contributed by atoms with Gasteiger partial charge in [-0.3, -0.25) is 0 Å². The van der Waals surface area contributed by atoms with Crippen LogP contribution in [0.15, 0.2) is 48.7 Å². The number of aromatic nitrogens is 3. The van der Waals surface area contributed by atoms with Crippen molar-refractivity contribution in [1.82, 2.24) is 15.0 Å². The molecule has 0 aliphatic carbocycles. The van der Waals surface area contributed by atoms with E-state index in [4.69, 9.17) is 16.6 Å². The number of halogens is 1. The molecule has 1 aliphatic heterocycles. The first kappa shape index (κ1) is 18.5. The van der Waals surface area contributed by atoms with Crippen LogP contribution in [0, 0.1) is 13.8 Å². The molecule has 1 fully saturated rings. The van der Waals surface area contributed by atoms with E-state index >= 15 is 0 Å². The smallest absolute Gasteiger partial charge is 0.229 e. The number of pyridine rings is 1. The number of hydrogen-bond donors (Lipinski definition) is 1. The molecule has 144 valence electrons. The quantitative estimate of drug-likeness (QED) is 0.715. The van der Waals surface area contributed by atoms with Gasteiger partial charge >= 0.3 is 0 Å². The molecule has 1 saturated heterocycles. The number of nitrogens with zero attached hydrogens (tertiary/aromatic N) is 5. The lowest BCUT2D eigenvalue weighted by Gasteiger charge is -2.36. The highest BCUT2D eigenvalue weighted by Crippen LogP contribution is 2.25. The van der Waals surface area contributed by atoms with E-state index in [1.54, 1.807) is 0 Å². The minimum absolute atomic E-state index is 0.590. The lowest BCUT2D eigenvalue weighted by molar-refractivity contribution is 0.641. The molecular weight excluding hydrogens is 372 g/mol. The number of rotatable bonds is 4. The second kappa shape index (κ2) is 8.02. The molecule has 0 radical (unpaired) electrons. The van der Waals surface area contributed by atoms with Crippen LogP contribution in [-0.4, -0.2) is 41.1 Å². The Balaban J connectivity index is 1.49. The Morgan fingerprint density at radius 2 is 1.64 bits per heavy atom. The summed E-state index contributed by atoms with van der Waals surface area (Å²) < 4.78 is 0. The Morgan fingerprint density at radius 3 is 2.36 bits per heavy atom. The van der Waals surface area contributed by atoms with Crippen LogP contribution >= 0.6 is 11.6 Å². The number of nitrogens with one attached hydrogen (secondary N) is 1. The molecule has 0 amide bonds. The fraction of sp³-hybridized carbons (Fsp3) is 0.286. The molecule has 7 heteroatoms. The minimum Gasteiger partial charge on any atom is -0.353 e. The normalized spacial score (nSPS) is 14.2. The maximum absolute atomic E-state index is 6.13.